The number of aliphatic imine (C=N–C) groups is 1. The van der Waals surface area contributed by atoms with E-state index in [4.69, 9.17) is 4.55 Å². The molecule has 0 saturated carbocycles. The van der Waals surface area contributed by atoms with Gasteiger partial charge in [0.2, 0.25) is 0 Å². The molecule has 1 N–H and O–H groups in total. The summed E-state index contributed by atoms with van der Waals surface area (Å²) in [6.07, 6.45) is 1.11. The highest BCUT2D eigenvalue weighted by Gasteiger charge is 2.17. The third-order valence-electron chi connectivity index (χ3n) is 1.97. The molecule has 8 nitrogen and oxygen atoms in total. The van der Waals surface area contributed by atoms with Crippen LogP contribution in [0.5, 0.6) is 0 Å². The van der Waals surface area contributed by atoms with Gasteiger partial charge in [-0.3, -0.25) is 18.9 Å². The highest BCUT2D eigenvalue weighted by Crippen LogP contribution is 2.14. The molecule has 0 atom stereocenters. The Kier molecular flexibility index (Phi) is 10.3. The first-order chi connectivity index (χ1) is 9.81. The number of carbonyl (C=O) groups excluding carboxylic acids is 2. The van der Waals surface area contributed by atoms with Crippen LogP contribution in [0.4, 0.5) is 4.79 Å². The smallest absolute Gasteiger partial charge is 0.324 e. The standard InChI is InChI=1S/C10H18N4O4S3/c1-7(19-5)11-6-9(15)13(3)21-14(4)10(16)18-12-8(2)20-17/h17H,6H2,1-5H3. The fourth-order valence-corrected chi connectivity index (χ4v) is 1.66. The highest BCUT2D eigenvalue weighted by atomic mass is 32.2. The summed E-state index contributed by atoms with van der Waals surface area (Å²) in [5, 5.41) is 4.38. The van der Waals surface area contributed by atoms with Crippen molar-refractivity contribution in [3.8, 4) is 0 Å². The SMILES string of the molecule is CSC(C)=NCC(=O)N(C)SN(C)C(=O)ON=C(C)SO. The lowest BCUT2D eigenvalue weighted by molar-refractivity contribution is -0.123. The van der Waals surface area contributed by atoms with Crippen molar-refractivity contribution < 1.29 is 19.0 Å². The van der Waals surface area contributed by atoms with Crippen molar-refractivity contribution in [2.45, 2.75) is 13.8 Å². The molecule has 0 bridgehead atoms. The van der Waals surface area contributed by atoms with Crippen molar-refractivity contribution in [2.24, 2.45) is 10.1 Å². The lowest BCUT2D eigenvalue weighted by Gasteiger charge is -2.20. The van der Waals surface area contributed by atoms with Gasteiger partial charge in [0.05, 0.1) is 17.2 Å². The maximum atomic E-state index is 11.8. The summed E-state index contributed by atoms with van der Waals surface area (Å²) >= 11 is 2.70. The molecule has 0 rings (SSSR count). The number of carbonyl (C=O) groups is 2. The molecule has 0 saturated heterocycles. The second-order valence-electron chi connectivity index (χ2n) is 3.57. The molecule has 0 aromatic rings. The Balaban J connectivity index is 4.33. The molecule has 0 fully saturated rings. The molecule has 2 amide bonds. The largest absolute Gasteiger partial charge is 0.447 e. The highest BCUT2D eigenvalue weighted by molar-refractivity contribution is 8.13. The van der Waals surface area contributed by atoms with Crippen LogP contribution in [0.2, 0.25) is 0 Å². The summed E-state index contributed by atoms with van der Waals surface area (Å²) in [4.78, 5) is 32.0. The number of oxime groups is 1. The third kappa shape index (κ3) is 8.86. The zero-order valence-corrected chi connectivity index (χ0v) is 14.8. The van der Waals surface area contributed by atoms with Crippen LogP contribution in [-0.2, 0) is 9.63 Å². The van der Waals surface area contributed by atoms with Gasteiger partial charge in [0.25, 0.3) is 5.91 Å². The molecule has 0 radical (unpaired) electrons. The minimum absolute atomic E-state index is 0.0114. The molecule has 21 heavy (non-hydrogen) atoms. The van der Waals surface area contributed by atoms with Crippen LogP contribution in [0.1, 0.15) is 13.8 Å². The zero-order valence-electron chi connectivity index (χ0n) is 12.4. The van der Waals surface area contributed by atoms with E-state index < -0.39 is 6.09 Å². The average Bonchev–Trinajstić information content (AvgIpc) is 2.48. The Hall–Kier alpha value is -0.910. The van der Waals surface area contributed by atoms with Crippen molar-refractivity contribution in [3.63, 3.8) is 0 Å². The number of nitrogens with zero attached hydrogens (tertiary/aromatic N) is 4. The van der Waals surface area contributed by atoms with Gasteiger partial charge in [-0.05, 0) is 20.1 Å². The number of hydrogen-bond donors (Lipinski definition) is 1. The molecule has 0 aromatic carbocycles. The minimum atomic E-state index is -0.767. The van der Waals surface area contributed by atoms with Gasteiger partial charge < -0.3 is 4.55 Å². The predicted octanol–water partition coefficient (Wildman–Crippen LogP) is 2.40. The fraction of sp³-hybridized carbons (Fsp3) is 0.600. The van der Waals surface area contributed by atoms with Gasteiger partial charge >= 0.3 is 6.09 Å². The molecular formula is C10H18N4O4S3. The second kappa shape index (κ2) is 10.8. The van der Waals surface area contributed by atoms with Gasteiger partial charge in [0.15, 0.2) is 0 Å². The molecule has 11 heteroatoms. The lowest BCUT2D eigenvalue weighted by Crippen LogP contribution is -2.30. The Morgan fingerprint density at radius 1 is 1.19 bits per heavy atom. The van der Waals surface area contributed by atoms with Gasteiger partial charge in [-0.1, -0.05) is 5.16 Å². The van der Waals surface area contributed by atoms with E-state index in [1.165, 1.54) is 37.1 Å². The van der Waals surface area contributed by atoms with E-state index in [9.17, 15) is 9.59 Å². The van der Waals surface area contributed by atoms with E-state index in [0.717, 1.165) is 21.5 Å². The van der Waals surface area contributed by atoms with Crippen molar-refractivity contribution in [3.05, 3.63) is 0 Å². The van der Waals surface area contributed by atoms with Crippen LogP contribution in [0.3, 0.4) is 0 Å². The van der Waals surface area contributed by atoms with E-state index >= 15 is 0 Å². The maximum Gasteiger partial charge on any atom is 0.447 e. The molecule has 0 heterocycles. The van der Waals surface area contributed by atoms with E-state index in [2.05, 4.69) is 15.0 Å². The lowest BCUT2D eigenvalue weighted by atomic mass is 10.6. The van der Waals surface area contributed by atoms with Crippen LogP contribution < -0.4 is 0 Å². The first-order valence-corrected chi connectivity index (χ1v) is 8.35. The van der Waals surface area contributed by atoms with Gasteiger partial charge in [0, 0.05) is 26.1 Å². The van der Waals surface area contributed by atoms with Crippen molar-refractivity contribution in [2.75, 3.05) is 26.9 Å². The first-order valence-electron chi connectivity index (χ1n) is 5.62. The van der Waals surface area contributed by atoms with Crippen LogP contribution in [0, 0.1) is 0 Å². The summed E-state index contributed by atoms with van der Waals surface area (Å²) in [6.45, 7) is 3.30. The topological polar surface area (TPSA) is 94.8 Å². The number of rotatable bonds is 5. The summed E-state index contributed by atoms with van der Waals surface area (Å²) < 4.78 is 11.0. The van der Waals surface area contributed by atoms with Gasteiger partial charge in [-0.2, -0.15) is 0 Å². The van der Waals surface area contributed by atoms with Crippen LogP contribution in [0.25, 0.3) is 0 Å². The molecule has 0 aliphatic carbocycles. The molecule has 0 aromatic heterocycles. The predicted molar refractivity (Wildman–Crippen MR) is 89.4 cm³/mol. The normalized spacial score (nSPS) is 12.1. The van der Waals surface area contributed by atoms with Crippen molar-refractivity contribution in [1.29, 1.82) is 0 Å². The third-order valence-corrected chi connectivity index (χ3v) is 3.87. The molecule has 0 spiro atoms. The Bertz CT molecular complexity index is 393. The van der Waals surface area contributed by atoms with Gasteiger partial charge in [-0.25, -0.2) is 9.10 Å². The summed E-state index contributed by atoms with van der Waals surface area (Å²) in [5.74, 6) is -0.251. The van der Waals surface area contributed by atoms with E-state index in [-0.39, 0.29) is 17.5 Å². The molecule has 0 aliphatic rings. The van der Waals surface area contributed by atoms with Crippen molar-refractivity contribution in [1.82, 2.24) is 8.61 Å². The second-order valence-corrected chi connectivity index (χ2v) is 6.60. The van der Waals surface area contributed by atoms with E-state index in [0.29, 0.717) is 12.0 Å². The van der Waals surface area contributed by atoms with E-state index in [1.807, 2.05) is 13.2 Å². The fourth-order valence-electron chi connectivity index (χ4n) is 0.783. The summed E-state index contributed by atoms with van der Waals surface area (Å²) in [7, 11) is 2.96. The molecule has 0 aliphatic heterocycles. The maximum absolute atomic E-state index is 11.8. The van der Waals surface area contributed by atoms with E-state index in [1.54, 1.807) is 0 Å². The average molecular weight is 354 g/mol. The van der Waals surface area contributed by atoms with Gasteiger partial charge in [0.1, 0.15) is 11.6 Å². The Morgan fingerprint density at radius 2 is 1.81 bits per heavy atom. The molecular weight excluding hydrogens is 336 g/mol. The molecule has 0 unspecified atom stereocenters. The number of likely N-dealkylation sites (N-methyl/N-ethyl adjacent to an activating group) is 1. The number of hydrogen-bond acceptors (Lipinski definition) is 9. The monoisotopic (exact) mass is 354 g/mol. The Morgan fingerprint density at radius 3 is 2.33 bits per heavy atom. The zero-order chi connectivity index (χ0) is 16.4. The minimum Gasteiger partial charge on any atom is -0.324 e. The van der Waals surface area contributed by atoms with Crippen molar-refractivity contribution >= 4 is 58.0 Å². The number of thioether (sulfide) groups is 1. The number of amides is 2. The quantitative estimate of drug-likeness (QED) is 0.202. The summed E-state index contributed by atoms with van der Waals surface area (Å²) in [5.41, 5.74) is 0. The first kappa shape index (κ1) is 20.1. The van der Waals surface area contributed by atoms with Crippen LogP contribution >= 0.6 is 35.9 Å². The van der Waals surface area contributed by atoms with Gasteiger partial charge in [-0.15, -0.1) is 11.8 Å². The summed E-state index contributed by atoms with van der Waals surface area (Å²) in [6, 6.07) is 0. The molecule has 120 valence electrons. The Labute approximate surface area is 136 Å². The van der Waals surface area contributed by atoms with Crippen LogP contribution in [-0.4, -0.2) is 62.1 Å². The van der Waals surface area contributed by atoms with Crippen LogP contribution in [0.15, 0.2) is 10.1 Å².